The summed E-state index contributed by atoms with van der Waals surface area (Å²) in [5.41, 5.74) is 5.75. The van der Waals surface area contributed by atoms with Crippen molar-refractivity contribution in [3.05, 3.63) is 58.6 Å². The number of anilines is 1. The van der Waals surface area contributed by atoms with Crippen molar-refractivity contribution >= 4 is 39.0 Å². The highest BCUT2D eigenvalue weighted by Gasteiger charge is 2.15. The molecule has 0 fully saturated rings. The molecule has 0 saturated carbocycles. The monoisotopic (exact) mass is 409 g/mol. The number of carboxylic acid groups (broad SMARTS) is 1. The molecule has 0 aliphatic heterocycles. The van der Waals surface area contributed by atoms with Crippen molar-refractivity contribution in [2.75, 3.05) is 12.0 Å². The lowest BCUT2D eigenvalue weighted by atomic mass is 10.1. The highest BCUT2D eigenvalue weighted by atomic mass is 35.5. The van der Waals surface area contributed by atoms with Gasteiger partial charge in [0.15, 0.2) is 0 Å². The van der Waals surface area contributed by atoms with Gasteiger partial charge in [-0.1, -0.05) is 29.8 Å². The quantitative estimate of drug-likeness (QED) is 0.458. The van der Waals surface area contributed by atoms with E-state index < -0.39 is 16.0 Å². The second-order valence-corrected chi connectivity index (χ2v) is 8.02. The lowest BCUT2D eigenvalue weighted by Crippen LogP contribution is -2.26. The van der Waals surface area contributed by atoms with Crippen molar-refractivity contribution in [2.45, 2.75) is 25.2 Å². The van der Waals surface area contributed by atoms with E-state index in [4.69, 9.17) is 16.7 Å². The van der Waals surface area contributed by atoms with Crippen molar-refractivity contribution < 1.29 is 18.3 Å². The van der Waals surface area contributed by atoms with Crippen LogP contribution in [0.4, 0.5) is 5.69 Å². The summed E-state index contributed by atoms with van der Waals surface area (Å²) in [6, 6.07) is 11.7. The highest BCUT2D eigenvalue weighted by molar-refractivity contribution is 7.89. The van der Waals surface area contributed by atoms with Crippen LogP contribution in [0.1, 0.15) is 24.5 Å². The first-order valence-electron chi connectivity index (χ1n) is 8.07. The van der Waals surface area contributed by atoms with Crippen LogP contribution in [0.2, 0.25) is 5.02 Å². The molecule has 0 radical (unpaired) electrons. The summed E-state index contributed by atoms with van der Waals surface area (Å²) in [6.07, 6.45) is -0.289. The Kier molecular flexibility index (Phi) is 6.95. The maximum Gasteiger partial charge on any atom is 0.304 e. The van der Waals surface area contributed by atoms with Gasteiger partial charge in [-0.2, -0.15) is 5.10 Å². The van der Waals surface area contributed by atoms with Crippen LogP contribution in [0, 0.1) is 6.92 Å². The molecule has 0 aromatic heterocycles. The average molecular weight is 410 g/mol. The van der Waals surface area contributed by atoms with Crippen LogP contribution < -0.4 is 10.1 Å². The largest absolute Gasteiger partial charge is 0.481 e. The molecule has 9 heteroatoms. The van der Waals surface area contributed by atoms with E-state index in [9.17, 15) is 13.2 Å². The molecule has 0 atom stereocenters. The van der Waals surface area contributed by atoms with Gasteiger partial charge in [0.25, 0.3) is 0 Å². The number of carbonyl (C=O) groups is 1. The van der Waals surface area contributed by atoms with E-state index >= 15 is 0 Å². The van der Waals surface area contributed by atoms with E-state index in [1.807, 2.05) is 19.1 Å². The van der Waals surface area contributed by atoms with Crippen molar-refractivity contribution in [1.82, 2.24) is 4.72 Å². The third kappa shape index (κ3) is 6.06. The Morgan fingerprint density at radius 1 is 1.22 bits per heavy atom. The first kappa shape index (κ1) is 20.9. The molecule has 0 aliphatic rings. The number of nitrogens with zero attached hydrogens (tertiary/aromatic N) is 1. The number of aryl methyl sites for hydroxylation is 1. The van der Waals surface area contributed by atoms with Crippen molar-refractivity contribution in [1.29, 1.82) is 0 Å². The van der Waals surface area contributed by atoms with Gasteiger partial charge in [-0.3, -0.25) is 10.2 Å². The Balaban J connectivity index is 2.15. The van der Waals surface area contributed by atoms with E-state index in [1.165, 1.54) is 12.1 Å². The first-order valence-corrected chi connectivity index (χ1v) is 9.93. The number of sulfonamides is 1. The third-order valence-corrected chi connectivity index (χ3v) is 5.58. The van der Waals surface area contributed by atoms with Crippen LogP contribution in [0.5, 0.6) is 0 Å². The average Bonchev–Trinajstić information content (AvgIpc) is 2.62. The molecule has 2 rings (SSSR count). The Hall–Kier alpha value is -2.42. The minimum Gasteiger partial charge on any atom is -0.481 e. The second-order valence-electron chi connectivity index (χ2n) is 5.84. The molecule has 0 unspecified atom stereocenters. The summed E-state index contributed by atoms with van der Waals surface area (Å²) in [6.45, 7) is 3.47. The van der Waals surface area contributed by atoms with E-state index in [0.717, 1.165) is 5.56 Å². The number of hydrogen-bond acceptors (Lipinski definition) is 5. The van der Waals surface area contributed by atoms with E-state index in [0.29, 0.717) is 22.0 Å². The Labute approximate surface area is 163 Å². The summed E-state index contributed by atoms with van der Waals surface area (Å²) in [5.74, 6) is -1.07. The van der Waals surface area contributed by atoms with E-state index in [1.54, 1.807) is 25.1 Å². The molecule has 27 heavy (non-hydrogen) atoms. The second kappa shape index (κ2) is 8.98. The molecule has 144 valence electrons. The van der Waals surface area contributed by atoms with Crippen LogP contribution in [0.25, 0.3) is 0 Å². The zero-order valence-corrected chi connectivity index (χ0v) is 16.4. The minimum absolute atomic E-state index is 0.0401. The minimum atomic E-state index is -3.80. The van der Waals surface area contributed by atoms with Crippen LogP contribution in [-0.2, 0) is 14.8 Å². The molecule has 7 nitrogen and oxygen atoms in total. The summed E-state index contributed by atoms with van der Waals surface area (Å²) in [7, 11) is -3.80. The van der Waals surface area contributed by atoms with Crippen LogP contribution in [-0.4, -0.2) is 31.8 Å². The SMILES string of the molecule is C/C(=N/Nc1ccc(C)c(Cl)c1)c1cccc(S(=O)(=O)NCCC(=O)O)c1. The van der Waals surface area contributed by atoms with Gasteiger partial charge in [0.2, 0.25) is 10.0 Å². The summed E-state index contributed by atoms with van der Waals surface area (Å²) >= 11 is 6.08. The van der Waals surface area contributed by atoms with Gasteiger partial charge < -0.3 is 5.11 Å². The van der Waals surface area contributed by atoms with Gasteiger partial charge in [0, 0.05) is 11.6 Å². The van der Waals surface area contributed by atoms with Gasteiger partial charge in [0.05, 0.1) is 22.7 Å². The van der Waals surface area contributed by atoms with Gasteiger partial charge in [-0.05, 0) is 49.2 Å². The van der Waals surface area contributed by atoms with Gasteiger partial charge in [-0.25, -0.2) is 13.1 Å². The predicted molar refractivity (Wildman–Crippen MR) is 106 cm³/mol. The zero-order valence-electron chi connectivity index (χ0n) is 14.9. The number of carboxylic acids is 1. The van der Waals surface area contributed by atoms with Crippen LogP contribution >= 0.6 is 11.6 Å². The maximum absolute atomic E-state index is 12.3. The number of halogens is 1. The highest BCUT2D eigenvalue weighted by Crippen LogP contribution is 2.20. The smallest absolute Gasteiger partial charge is 0.304 e. The molecule has 0 amide bonds. The van der Waals surface area contributed by atoms with Gasteiger partial charge >= 0.3 is 5.97 Å². The van der Waals surface area contributed by atoms with E-state index in [-0.39, 0.29) is 17.9 Å². The topological polar surface area (TPSA) is 108 Å². The molecule has 2 aromatic rings. The molecule has 3 N–H and O–H groups in total. The molecular formula is C18H20ClN3O4S. The number of hydrazone groups is 1. The molecule has 0 heterocycles. The number of aliphatic carboxylic acids is 1. The zero-order chi connectivity index (χ0) is 20.0. The molecular weight excluding hydrogens is 390 g/mol. The predicted octanol–water partition coefficient (Wildman–Crippen LogP) is 3.24. The molecule has 0 spiro atoms. The number of benzene rings is 2. The number of rotatable bonds is 8. The van der Waals surface area contributed by atoms with Crippen LogP contribution in [0.3, 0.4) is 0 Å². The number of nitrogens with one attached hydrogen (secondary N) is 2. The fourth-order valence-electron chi connectivity index (χ4n) is 2.14. The molecule has 0 saturated heterocycles. The molecule has 0 aliphatic carbocycles. The van der Waals surface area contributed by atoms with Crippen LogP contribution in [0.15, 0.2) is 52.5 Å². The maximum atomic E-state index is 12.3. The Morgan fingerprint density at radius 2 is 1.96 bits per heavy atom. The summed E-state index contributed by atoms with van der Waals surface area (Å²) < 4.78 is 26.8. The summed E-state index contributed by atoms with van der Waals surface area (Å²) in [4.78, 5) is 10.6. The van der Waals surface area contributed by atoms with Crippen molar-refractivity contribution in [3.63, 3.8) is 0 Å². The van der Waals surface area contributed by atoms with E-state index in [2.05, 4.69) is 15.2 Å². The fraction of sp³-hybridized carbons (Fsp3) is 0.222. The van der Waals surface area contributed by atoms with Gasteiger partial charge in [-0.15, -0.1) is 0 Å². The first-order chi connectivity index (χ1) is 12.7. The standard InChI is InChI=1S/C18H20ClN3O4S/c1-12-6-7-15(11-17(12)19)22-21-13(2)14-4-3-5-16(10-14)27(25,26)20-9-8-18(23)24/h3-7,10-11,20,22H,8-9H2,1-2H3,(H,23,24)/b21-13-. The lowest BCUT2D eigenvalue weighted by molar-refractivity contribution is -0.136. The Morgan fingerprint density at radius 3 is 2.63 bits per heavy atom. The lowest BCUT2D eigenvalue weighted by Gasteiger charge is -2.08. The van der Waals surface area contributed by atoms with Crippen molar-refractivity contribution in [2.24, 2.45) is 5.10 Å². The van der Waals surface area contributed by atoms with Crippen molar-refractivity contribution in [3.8, 4) is 0 Å². The Bertz CT molecular complexity index is 974. The normalized spacial score (nSPS) is 12.0. The third-order valence-electron chi connectivity index (χ3n) is 3.72. The molecule has 2 aromatic carbocycles. The molecule has 0 bridgehead atoms. The van der Waals surface area contributed by atoms with Gasteiger partial charge in [0.1, 0.15) is 0 Å². The fourth-order valence-corrected chi connectivity index (χ4v) is 3.40. The summed E-state index contributed by atoms with van der Waals surface area (Å²) in [5, 5.41) is 13.5. The number of hydrogen-bond donors (Lipinski definition) is 3.